The van der Waals surface area contributed by atoms with Crippen molar-refractivity contribution in [1.29, 1.82) is 0 Å². The molecule has 104 valence electrons. The lowest BCUT2D eigenvalue weighted by Crippen LogP contribution is -2.31. The summed E-state index contributed by atoms with van der Waals surface area (Å²) in [6.45, 7) is 0. The summed E-state index contributed by atoms with van der Waals surface area (Å²) in [7, 11) is 3.33. The number of nitrogens with two attached hydrogens (primary N) is 1. The van der Waals surface area contributed by atoms with Gasteiger partial charge in [-0.1, -0.05) is 6.07 Å². The highest BCUT2D eigenvalue weighted by Gasteiger charge is 2.47. The van der Waals surface area contributed by atoms with Gasteiger partial charge in [0, 0.05) is 6.04 Å². The van der Waals surface area contributed by atoms with Crippen LogP contribution in [0.2, 0.25) is 0 Å². The van der Waals surface area contributed by atoms with E-state index < -0.39 is 0 Å². The summed E-state index contributed by atoms with van der Waals surface area (Å²) in [4.78, 5) is 0. The van der Waals surface area contributed by atoms with Crippen LogP contribution in [0.1, 0.15) is 24.8 Å². The van der Waals surface area contributed by atoms with Crippen molar-refractivity contribution in [3.05, 3.63) is 23.8 Å². The summed E-state index contributed by atoms with van der Waals surface area (Å²) < 4.78 is 10.6. The number of rotatable bonds is 5. The molecule has 0 saturated heterocycles. The third-order valence-electron chi connectivity index (χ3n) is 4.80. The Balaban J connectivity index is 1.65. The zero-order chi connectivity index (χ0) is 13.4. The maximum Gasteiger partial charge on any atom is 0.160 e. The van der Waals surface area contributed by atoms with Crippen LogP contribution in [-0.2, 0) is 6.42 Å². The van der Waals surface area contributed by atoms with E-state index in [9.17, 15) is 0 Å². The number of hydrogen-bond acceptors (Lipinski definition) is 3. The van der Waals surface area contributed by atoms with Crippen LogP contribution in [0.3, 0.4) is 0 Å². The first-order chi connectivity index (χ1) is 9.21. The zero-order valence-electron chi connectivity index (χ0n) is 11.8. The van der Waals surface area contributed by atoms with Crippen LogP contribution in [0.15, 0.2) is 18.2 Å². The number of hydrogen-bond donors (Lipinski definition) is 1. The maximum absolute atomic E-state index is 6.38. The zero-order valence-corrected chi connectivity index (χ0v) is 11.8. The second-order valence-corrected chi connectivity index (χ2v) is 6.04. The molecule has 2 aliphatic carbocycles. The van der Waals surface area contributed by atoms with Gasteiger partial charge >= 0.3 is 0 Å². The number of benzene rings is 1. The molecule has 3 atom stereocenters. The lowest BCUT2D eigenvalue weighted by atomic mass is 9.90. The van der Waals surface area contributed by atoms with Crippen molar-refractivity contribution < 1.29 is 9.47 Å². The molecule has 2 N–H and O–H groups in total. The predicted molar refractivity (Wildman–Crippen MR) is 75.5 cm³/mol. The van der Waals surface area contributed by atoms with E-state index in [1.165, 1.54) is 24.8 Å². The van der Waals surface area contributed by atoms with Crippen LogP contribution in [-0.4, -0.2) is 20.3 Å². The van der Waals surface area contributed by atoms with Crippen molar-refractivity contribution in [3.8, 4) is 11.5 Å². The maximum atomic E-state index is 6.38. The lowest BCUT2D eigenvalue weighted by Gasteiger charge is -2.21. The molecule has 3 rings (SSSR count). The van der Waals surface area contributed by atoms with Gasteiger partial charge in [-0.05, 0) is 61.1 Å². The van der Waals surface area contributed by atoms with Crippen LogP contribution >= 0.6 is 0 Å². The Bertz CT molecular complexity index is 450. The normalized spacial score (nSPS) is 29.7. The predicted octanol–water partition coefficient (Wildman–Crippen LogP) is 2.62. The topological polar surface area (TPSA) is 44.5 Å². The summed E-state index contributed by atoms with van der Waals surface area (Å²) in [5.41, 5.74) is 7.63. The van der Waals surface area contributed by atoms with E-state index in [1.54, 1.807) is 14.2 Å². The van der Waals surface area contributed by atoms with E-state index in [0.717, 1.165) is 35.7 Å². The summed E-state index contributed by atoms with van der Waals surface area (Å²) in [6.07, 6.45) is 5.09. The smallest absolute Gasteiger partial charge is 0.160 e. The van der Waals surface area contributed by atoms with Gasteiger partial charge in [0.05, 0.1) is 14.2 Å². The Morgan fingerprint density at radius 1 is 1.11 bits per heavy atom. The van der Waals surface area contributed by atoms with Crippen LogP contribution in [0.25, 0.3) is 0 Å². The van der Waals surface area contributed by atoms with Crippen molar-refractivity contribution in [1.82, 2.24) is 0 Å². The summed E-state index contributed by atoms with van der Waals surface area (Å²) in [6, 6.07) is 6.39. The van der Waals surface area contributed by atoms with Crippen molar-refractivity contribution in [2.45, 2.75) is 31.7 Å². The average Bonchev–Trinajstić information content (AvgIpc) is 3.04. The van der Waals surface area contributed by atoms with E-state index in [4.69, 9.17) is 15.2 Å². The van der Waals surface area contributed by atoms with Gasteiger partial charge in [0.2, 0.25) is 0 Å². The highest BCUT2D eigenvalue weighted by Crippen LogP contribution is 2.55. The fourth-order valence-corrected chi connectivity index (χ4v) is 3.56. The minimum atomic E-state index is 0.283. The van der Waals surface area contributed by atoms with E-state index in [-0.39, 0.29) is 6.04 Å². The van der Waals surface area contributed by atoms with Crippen LogP contribution in [0, 0.1) is 17.8 Å². The van der Waals surface area contributed by atoms with Gasteiger partial charge in [0.1, 0.15) is 0 Å². The van der Waals surface area contributed by atoms with Crippen molar-refractivity contribution in [2.75, 3.05) is 14.2 Å². The fourth-order valence-electron chi connectivity index (χ4n) is 3.56. The molecule has 2 aliphatic rings. The molecule has 2 saturated carbocycles. The summed E-state index contributed by atoms with van der Waals surface area (Å²) in [5.74, 6) is 4.29. The van der Waals surface area contributed by atoms with Crippen molar-refractivity contribution >= 4 is 0 Å². The highest BCUT2D eigenvalue weighted by molar-refractivity contribution is 5.43. The average molecular weight is 261 g/mol. The van der Waals surface area contributed by atoms with Gasteiger partial charge in [0.25, 0.3) is 0 Å². The molecule has 3 heteroatoms. The molecule has 1 aromatic carbocycles. The largest absolute Gasteiger partial charge is 0.493 e. The van der Waals surface area contributed by atoms with Gasteiger partial charge < -0.3 is 15.2 Å². The SMILES string of the molecule is COc1ccc(CC(N)C2CC3CC3C2)cc1OC. The van der Waals surface area contributed by atoms with E-state index in [0.29, 0.717) is 0 Å². The molecule has 0 spiro atoms. The third-order valence-corrected chi connectivity index (χ3v) is 4.80. The second-order valence-electron chi connectivity index (χ2n) is 6.04. The molecule has 0 aliphatic heterocycles. The minimum absolute atomic E-state index is 0.283. The minimum Gasteiger partial charge on any atom is -0.493 e. The van der Waals surface area contributed by atoms with E-state index >= 15 is 0 Å². The fraction of sp³-hybridized carbons (Fsp3) is 0.625. The Morgan fingerprint density at radius 3 is 2.42 bits per heavy atom. The molecule has 0 bridgehead atoms. The van der Waals surface area contributed by atoms with Gasteiger partial charge in [-0.15, -0.1) is 0 Å². The van der Waals surface area contributed by atoms with Gasteiger partial charge in [-0.25, -0.2) is 0 Å². The molecular weight excluding hydrogens is 238 g/mol. The van der Waals surface area contributed by atoms with Crippen LogP contribution < -0.4 is 15.2 Å². The molecule has 3 nitrogen and oxygen atoms in total. The molecule has 19 heavy (non-hydrogen) atoms. The van der Waals surface area contributed by atoms with Crippen LogP contribution in [0.4, 0.5) is 0 Å². The summed E-state index contributed by atoms with van der Waals surface area (Å²) in [5, 5.41) is 0. The highest BCUT2D eigenvalue weighted by atomic mass is 16.5. The molecule has 0 radical (unpaired) electrons. The molecular formula is C16H23NO2. The standard InChI is InChI=1S/C16H23NO2/c1-18-15-4-3-10(6-16(15)19-2)5-14(17)13-8-11-7-12(11)9-13/h3-4,6,11-14H,5,7-9,17H2,1-2H3. The summed E-state index contributed by atoms with van der Waals surface area (Å²) >= 11 is 0. The molecule has 2 fully saturated rings. The molecule has 0 aromatic heterocycles. The van der Waals surface area contributed by atoms with E-state index in [1.807, 2.05) is 12.1 Å². The number of ether oxygens (including phenoxy) is 2. The van der Waals surface area contributed by atoms with Gasteiger partial charge in [-0.2, -0.15) is 0 Å². The van der Waals surface area contributed by atoms with Crippen molar-refractivity contribution in [2.24, 2.45) is 23.5 Å². The Morgan fingerprint density at radius 2 is 1.79 bits per heavy atom. The Kier molecular flexibility index (Phi) is 3.40. The van der Waals surface area contributed by atoms with Gasteiger partial charge in [-0.3, -0.25) is 0 Å². The first-order valence-corrected chi connectivity index (χ1v) is 7.17. The molecule has 1 aromatic rings. The first-order valence-electron chi connectivity index (χ1n) is 7.17. The second kappa shape index (κ2) is 5.04. The monoisotopic (exact) mass is 261 g/mol. The van der Waals surface area contributed by atoms with Crippen molar-refractivity contribution in [3.63, 3.8) is 0 Å². The van der Waals surface area contributed by atoms with Crippen LogP contribution in [0.5, 0.6) is 11.5 Å². The molecule has 0 amide bonds. The van der Waals surface area contributed by atoms with Gasteiger partial charge in [0.15, 0.2) is 11.5 Å². The quantitative estimate of drug-likeness (QED) is 0.886. The number of methoxy groups -OCH3 is 2. The Hall–Kier alpha value is -1.22. The molecule has 3 unspecified atom stereocenters. The first kappa shape index (κ1) is 12.8. The lowest BCUT2D eigenvalue weighted by molar-refractivity contribution is 0.353. The third kappa shape index (κ3) is 2.57. The van der Waals surface area contributed by atoms with E-state index in [2.05, 4.69) is 6.07 Å². The number of fused-ring (bicyclic) bond motifs is 1. The Labute approximate surface area is 115 Å². The molecule has 0 heterocycles.